The number of carbonyl (C=O) groups excluding carboxylic acids is 1. The summed E-state index contributed by atoms with van der Waals surface area (Å²) in [6, 6.07) is 22.5. The maximum absolute atomic E-state index is 12.6. The summed E-state index contributed by atoms with van der Waals surface area (Å²) in [5, 5.41) is 3.03. The van der Waals surface area contributed by atoms with Crippen LogP contribution >= 0.6 is 0 Å². The molecule has 5 nitrogen and oxygen atoms in total. The molecule has 6 heteroatoms. The molecule has 1 amide bonds. The van der Waals surface area contributed by atoms with Gasteiger partial charge in [0.15, 0.2) is 0 Å². The first-order chi connectivity index (χ1) is 13.9. The van der Waals surface area contributed by atoms with Crippen molar-refractivity contribution in [3.8, 4) is 0 Å². The highest BCUT2D eigenvalue weighted by Crippen LogP contribution is 2.19. The predicted octanol–water partition coefficient (Wildman–Crippen LogP) is 4.68. The van der Waals surface area contributed by atoms with Gasteiger partial charge in [-0.25, -0.2) is 8.42 Å². The van der Waals surface area contributed by atoms with E-state index in [9.17, 15) is 13.2 Å². The average molecular weight is 409 g/mol. The quantitative estimate of drug-likeness (QED) is 0.596. The first-order valence-electron chi connectivity index (χ1n) is 9.44. The minimum Gasteiger partial charge on any atom is -0.345 e. The van der Waals surface area contributed by atoms with E-state index in [4.69, 9.17) is 0 Å². The standard InChI is InChI=1S/C23H24N2O3S/c1-3-22(18-11-9-17(2)10-12-18)24-23(26)19-13-15-20(16-14-19)25-29(27,28)21-7-5-4-6-8-21/h4-16,22,25H,3H2,1-2H3,(H,24,26). The molecule has 0 aliphatic carbocycles. The monoisotopic (exact) mass is 408 g/mol. The summed E-state index contributed by atoms with van der Waals surface area (Å²) in [5.41, 5.74) is 3.09. The summed E-state index contributed by atoms with van der Waals surface area (Å²) < 4.78 is 27.3. The highest BCUT2D eigenvalue weighted by atomic mass is 32.2. The van der Waals surface area contributed by atoms with Gasteiger partial charge in [0, 0.05) is 11.3 Å². The molecule has 3 aromatic rings. The van der Waals surface area contributed by atoms with Crippen LogP contribution in [0.4, 0.5) is 5.69 Å². The molecule has 0 spiro atoms. The summed E-state index contributed by atoms with van der Waals surface area (Å²) >= 11 is 0. The molecule has 0 aliphatic heterocycles. The van der Waals surface area contributed by atoms with Crippen LogP contribution in [0.5, 0.6) is 0 Å². The minimum absolute atomic E-state index is 0.0839. The first kappa shape index (κ1) is 20.6. The Morgan fingerprint density at radius 3 is 2.10 bits per heavy atom. The molecule has 0 saturated heterocycles. The molecular weight excluding hydrogens is 384 g/mol. The molecule has 0 saturated carbocycles. The Kier molecular flexibility index (Phi) is 6.34. The molecule has 0 aliphatic rings. The zero-order valence-corrected chi connectivity index (χ0v) is 17.2. The number of sulfonamides is 1. The number of hydrogen-bond donors (Lipinski definition) is 2. The SMILES string of the molecule is CCC(NC(=O)c1ccc(NS(=O)(=O)c2ccccc2)cc1)c1ccc(C)cc1. The summed E-state index contributed by atoms with van der Waals surface area (Å²) in [6.45, 7) is 4.04. The van der Waals surface area contributed by atoms with Crippen LogP contribution < -0.4 is 10.0 Å². The van der Waals surface area contributed by atoms with Crippen LogP contribution in [0.1, 0.15) is 40.9 Å². The van der Waals surface area contributed by atoms with Gasteiger partial charge in [0.25, 0.3) is 15.9 Å². The summed E-state index contributed by atoms with van der Waals surface area (Å²) in [7, 11) is -3.66. The molecule has 3 aromatic carbocycles. The fraction of sp³-hybridized carbons (Fsp3) is 0.174. The fourth-order valence-corrected chi connectivity index (χ4v) is 4.04. The van der Waals surface area contributed by atoms with Crippen LogP contribution in [0, 0.1) is 6.92 Å². The topological polar surface area (TPSA) is 75.3 Å². The molecule has 0 heterocycles. The summed E-state index contributed by atoms with van der Waals surface area (Å²) in [6.07, 6.45) is 0.768. The van der Waals surface area contributed by atoms with E-state index in [0.717, 1.165) is 12.0 Å². The van der Waals surface area contributed by atoms with Crippen LogP contribution in [-0.2, 0) is 10.0 Å². The molecule has 3 rings (SSSR count). The van der Waals surface area contributed by atoms with E-state index in [0.29, 0.717) is 11.3 Å². The molecule has 29 heavy (non-hydrogen) atoms. The zero-order chi connectivity index (χ0) is 20.9. The van der Waals surface area contributed by atoms with Crippen molar-refractivity contribution in [1.82, 2.24) is 5.32 Å². The van der Waals surface area contributed by atoms with Gasteiger partial charge in [-0.2, -0.15) is 0 Å². The van der Waals surface area contributed by atoms with Crippen molar-refractivity contribution < 1.29 is 13.2 Å². The van der Waals surface area contributed by atoms with Gasteiger partial charge in [-0.05, 0) is 55.3 Å². The van der Waals surface area contributed by atoms with Gasteiger partial charge < -0.3 is 5.32 Å². The van der Waals surface area contributed by atoms with E-state index in [2.05, 4.69) is 10.0 Å². The lowest BCUT2D eigenvalue weighted by atomic mass is 10.0. The Morgan fingerprint density at radius 2 is 1.52 bits per heavy atom. The number of aryl methyl sites for hydroxylation is 1. The Balaban J connectivity index is 1.69. The number of benzene rings is 3. The predicted molar refractivity (Wildman–Crippen MR) is 115 cm³/mol. The van der Waals surface area contributed by atoms with Crippen LogP contribution in [0.25, 0.3) is 0 Å². The van der Waals surface area contributed by atoms with Crippen molar-refractivity contribution in [2.24, 2.45) is 0 Å². The van der Waals surface area contributed by atoms with Crippen molar-refractivity contribution in [2.75, 3.05) is 4.72 Å². The highest BCUT2D eigenvalue weighted by Gasteiger charge is 2.16. The molecule has 0 aromatic heterocycles. The third-order valence-electron chi connectivity index (χ3n) is 4.65. The fourth-order valence-electron chi connectivity index (χ4n) is 2.96. The molecule has 0 bridgehead atoms. The van der Waals surface area contributed by atoms with E-state index >= 15 is 0 Å². The van der Waals surface area contributed by atoms with Gasteiger partial charge in [0.2, 0.25) is 0 Å². The van der Waals surface area contributed by atoms with Crippen LogP contribution in [0.2, 0.25) is 0 Å². The van der Waals surface area contributed by atoms with Crippen LogP contribution in [0.15, 0.2) is 83.8 Å². The second-order valence-electron chi connectivity index (χ2n) is 6.84. The van der Waals surface area contributed by atoms with E-state index in [1.54, 1.807) is 42.5 Å². The normalized spacial score (nSPS) is 12.2. The lowest BCUT2D eigenvalue weighted by Crippen LogP contribution is -2.28. The smallest absolute Gasteiger partial charge is 0.261 e. The van der Waals surface area contributed by atoms with Crippen molar-refractivity contribution in [2.45, 2.75) is 31.2 Å². The average Bonchev–Trinajstić information content (AvgIpc) is 2.73. The number of anilines is 1. The lowest BCUT2D eigenvalue weighted by Gasteiger charge is -2.18. The molecule has 0 radical (unpaired) electrons. The third kappa shape index (κ3) is 5.23. The van der Waals surface area contributed by atoms with Gasteiger partial charge >= 0.3 is 0 Å². The number of rotatable bonds is 7. The maximum atomic E-state index is 12.6. The number of carbonyl (C=O) groups is 1. The van der Waals surface area contributed by atoms with Crippen molar-refractivity contribution >= 4 is 21.6 Å². The Morgan fingerprint density at radius 1 is 0.897 bits per heavy atom. The lowest BCUT2D eigenvalue weighted by molar-refractivity contribution is 0.0935. The van der Waals surface area contributed by atoms with E-state index in [-0.39, 0.29) is 16.8 Å². The van der Waals surface area contributed by atoms with Gasteiger partial charge in [-0.3, -0.25) is 9.52 Å². The van der Waals surface area contributed by atoms with Crippen molar-refractivity contribution in [1.29, 1.82) is 0 Å². The second-order valence-corrected chi connectivity index (χ2v) is 8.52. The van der Waals surface area contributed by atoms with Gasteiger partial charge in [-0.15, -0.1) is 0 Å². The third-order valence-corrected chi connectivity index (χ3v) is 6.04. The summed E-state index contributed by atoms with van der Waals surface area (Å²) in [4.78, 5) is 12.8. The van der Waals surface area contributed by atoms with Crippen molar-refractivity contribution in [3.63, 3.8) is 0 Å². The van der Waals surface area contributed by atoms with Crippen LogP contribution in [-0.4, -0.2) is 14.3 Å². The molecule has 1 unspecified atom stereocenters. The maximum Gasteiger partial charge on any atom is 0.261 e. The van der Waals surface area contributed by atoms with Gasteiger partial charge in [-0.1, -0.05) is 55.0 Å². The first-order valence-corrected chi connectivity index (χ1v) is 10.9. The molecular formula is C23H24N2O3S. The summed E-state index contributed by atoms with van der Waals surface area (Å²) in [5.74, 6) is -0.199. The second kappa shape index (κ2) is 8.92. The number of amides is 1. The number of hydrogen-bond acceptors (Lipinski definition) is 3. The Labute approximate surface area is 171 Å². The largest absolute Gasteiger partial charge is 0.345 e. The van der Waals surface area contributed by atoms with Crippen LogP contribution in [0.3, 0.4) is 0 Å². The molecule has 2 N–H and O–H groups in total. The minimum atomic E-state index is -3.66. The Hall–Kier alpha value is -3.12. The molecule has 0 fully saturated rings. The van der Waals surface area contributed by atoms with E-state index in [1.807, 2.05) is 38.1 Å². The van der Waals surface area contributed by atoms with E-state index in [1.165, 1.54) is 17.7 Å². The highest BCUT2D eigenvalue weighted by molar-refractivity contribution is 7.92. The van der Waals surface area contributed by atoms with Gasteiger partial charge in [0.05, 0.1) is 10.9 Å². The molecule has 150 valence electrons. The number of nitrogens with one attached hydrogen (secondary N) is 2. The molecule has 1 atom stereocenters. The van der Waals surface area contributed by atoms with Gasteiger partial charge in [0.1, 0.15) is 0 Å². The van der Waals surface area contributed by atoms with Crippen molar-refractivity contribution in [3.05, 3.63) is 95.6 Å². The zero-order valence-electron chi connectivity index (χ0n) is 16.4. The van der Waals surface area contributed by atoms with E-state index < -0.39 is 10.0 Å². The Bertz CT molecular complexity index is 1060.